The Morgan fingerprint density at radius 1 is 1.42 bits per heavy atom. The second-order valence-electron chi connectivity index (χ2n) is 7.22. The van der Waals surface area contributed by atoms with Gasteiger partial charge < -0.3 is 15.4 Å². The van der Waals surface area contributed by atoms with Crippen LogP contribution in [0.25, 0.3) is 0 Å². The lowest BCUT2D eigenvalue weighted by molar-refractivity contribution is 0.0944. The first kappa shape index (κ1) is 18.5. The predicted molar refractivity (Wildman–Crippen MR) is 101 cm³/mol. The molecule has 0 bridgehead atoms. The Hall–Kier alpha value is -2.34. The van der Waals surface area contributed by atoms with Crippen LogP contribution in [0.2, 0.25) is 0 Å². The van der Waals surface area contributed by atoms with E-state index in [0.717, 1.165) is 37.2 Å². The van der Waals surface area contributed by atoms with Gasteiger partial charge in [-0.05, 0) is 49.1 Å². The van der Waals surface area contributed by atoms with E-state index in [1.54, 1.807) is 6.07 Å². The maximum atomic E-state index is 12.4. The molecule has 140 valence electrons. The molecular weight excluding hydrogens is 328 g/mol. The first-order valence-corrected chi connectivity index (χ1v) is 9.37. The summed E-state index contributed by atoms with van der Waals surface area (Å²) in [5, 5.41) is 10.8. The highest BCUT2D eigenvalue weighted by Crippen LogP contribution is 2.16. The molecular formula is C20H28N4O2. The van der Waals surface area contributed by atoms with Crippen LogP contribution in [-0.4, -0.2) is 35.4 Å². The van der Waals surface area contributed by atoms with Crippen LogP contribution in [-0.2, 0) is 6.54 Å². The van der Waals surface area contributed by atoms with Gasteiger partial charge in [0.05, 0.1) is 12.6 Å². The number of carbonyl (C=O) groups is 1. The van der Waals surface area contributed by atoms with Crippen molar-refractivity contribution in [1.29, 1.82) is 0 Å². The van der Waals surface area contributed by atoms with Gasteiger partial charge in [-0.3, -0.25) is 9.48 Å². The zero-order chi connectivity index (χ0) is 18.4. The first-order valence-electron chi connectivity index (χ1n) is 9.37. The van der Waals surface area contributed by atoms with Gasteiger partial charge >= 0.3 is 0 Å². The molecule has 1 amide bonds. The molecule has 1 fully saturated rings. The molecule has 2 N–H and O–H groups in total. The third kappa shape index (κ3) is 5.08. The predicted octanol–water partition coefficient (Wildman–Crippen LogP) is 2.77. The number of rotatable bonds is 7. The summed E-state index contributed by atoms with van der Waals surface area (Å²) in [5.41, 5.74) is 1.47. The van der Waals surface area contributed by atoms with Gasteiger partial charge in [0.2, 0.25) is 0 Å². The lowest BCUT2D eigenvalue weighted by Crippen LogP contribution is -2.32. The Kier molecular flexibility index (Phi) is 6.28. The first-order chi connectivity index (χ1) is 12.6. The molecule has 6 nitrogen and oxygen atoms in total. The fourth-order valence-corrected chi connectivity index (χ4v) is 3.00. The van der Waals surface area contributed by atoms with E-state index in [9.17, 15) is 4.79 Å². The van der Waals surface area contributed by atoms with Gasteiger partial charge in [0.15, 0.2) is 0 Å². The van der Waals surface area contributed by atoms with Gasteiger partial charge in [0.1, 0.15) is 11.4 Å². The quantitative estimate of drug-likeness (QED) is 0.800. The molecule has 0 radical (unpaired) electrons. The number of hydrogen-bond donors (Lipinski definition) is 2. The highest BCUT2D eigenvalue weighted by Gasteiger charge is 2.17. The number of amides is 1. The Bertz CT molecular complexity index is 720. The number of piperidine rings is 1. The van der Waals surface area contributed by atoms with E-state index in [1.807, 2.05) is 35.1 Å². The molecule has 0 spiro atoms. The molecule has 1 saturated heterocycles. The van der Waals surface area contributed by atoms with Gasteiger partial charge in [-0.15, -0.1) is 0 Å². The van der Waals surface area contributed by atoms with Crippen molar-refractivity contribution in [3.8, 4) is 5.75 Å². The highest BCUT2D eigenvalue weighted by molar-refractivity contribution is 5.92. The summed E-state index contributed by atoms with van der Waals surface area (Å²) in [4.78, 5) is 12.4. The van der Waals surface area contributed by atoms with Crippen LogP contribution in [0.3, 0.4) is 0 Å². The molecule has 2 aromatic rings. The standard InChI is InChI=1S/C20H28N4O2/c1-15(2)14-26-18-7-3-5-16(11-18)12-22-20(25)19-8-10-24(23-19)17-6-4-9-21-13-17/h3,5,7-8,10-11,15,17,21H,4,6,9,12-14H2,1-2H3,(H,22,25). The summed E-state index contributed by atoms with van der Waals surface area (Å²) in [6.45, 7) is 7.34. The van der Waals surface area contributed by atoms with Crippen LogP contribution >= 0.6 is 0 Å². The number of carbonyl (C=O) groups excluding carboxylic acids is 1. The zero-order valence-electron chi connectivity index (χ0n) is 15.6. The molecule has 3 rings (SSSR count). The molecule has 0 aliphatic carbocycles. The van der Waals surface area contributed by atoms with E-state index < -0.39 is 0 Å². The van der Waals surface area contributed by atoms with Crippen molar-refractivity contribution in [3.05, 3.63) is 47.8 Å². The van der Waals surface area contributed by atoms with E-state index in [1.165, 1.54) is 0 Å². The Labute approximate surface area is 154 Å². The average Bonchev–Trinajstić information content (AvgIpc) is 3.16. The van der Waals surface area contributed by atoms with Crippen LogP contribution in [0.5, 0.6) is 5.75 Å². The molecule has 0 saturated carbocycles. The van der Waals surface area contributed by atoms with E-state index in [0.29, 0.717) is 30.8 Å². The van der Waals surface area contributed by atoms with Crippen molar-refractivity contribution in [2.45, 2.75) is 39.3 Å². The monoisotopic (exact) mass is 356 g/mol. The number of hydrogen-bond acceptors (Lipinski definition) is 4. The molecule has 6 heteroatoms. The zero-order valence-corrected chi connectivity index (χ0v) is 15.6. The summed E-state index contributed by atoms with van der Waals surface area (Å²) < 4.78 is 7.64. The van der Waals surface area contributed by atoms with E-state index >= 15 is 0 Å². The summed E-state index contributed by atoms with van der Waals surface area (Å²) >= 11 is 0. The Morgan fingerprint density at radius 3 is 3.08 bits per heavy atom. The summed E-state index contributed by atoms with van der Waals surface area (Å²) in [6, 6.07) is 9.95. The maximum Gasteiger partial charge on any atom is 0.272 e. The minimum absolute atomic E-state index is 0.152. The molecule has 1 aliphatic rings. The average molecular weight is 356 g/mol. The van der Waals surface area contributed by atoms with Crippen LogP contribution in [0.15, 0.2) is 36.5 Å². The Morgan fingerprint density at radius 2 is 2.31 bits per heavy atom. The van der Waals surface area contributed by atoms with Crippen molar-refractivity contribution in [2.24, 2.45) is 5.92 Å². The van der Waals surface area contributed by atoms with Crippen LogP contribution < -0.4 is 15.4 Å². The van der Waals surface area contributed by atoms with Crippen LogP contribution in [0.1, 0.15) is 48.8 Å². The molecule has 1 aliphatic heterocycles. The van der Waals surface area contributed by atoms with Crippen LogP contribution in [0, 0.1) is 5.92 Å². The van der Waals surface area contributed by atoms with E-state index in [4.69, 9.17) is 4.74 Å². The summed E-state index contributed by atoms with van der Waals surface area (Å²) in [5.74, 6) is 1.16. The van der Waals surface area contributed by atoms with Gasteiger partial charge in [-0.25, -0.2) is 0 Å². The van der Waals surface area contributed by atoms with Crippen LogP contribution in [0.4, 0.5) is 0 Å². The fraction of sp³-hybridized carbons (Fsp3) is 0.500. The summed E-state index contributed by atoms with van der Waals surface area (Å²) in [6.07, 6.45) is 4.13. The molecule has 1 atom stereocenters. The molecule has 2 heterocycles. The second-order valence-corrected chi connectivity index (χ2v) is 7.22. The number of nitrogens with one attached hydrogen (secondary N) is 2. The number of nitrogens with zero attached hydrogens (tertiary/aromatic N) is 2. The number of aromatic nitrogens is 2. The SMILES string of the molecule is CC(C)COc1cccc(CNC(=O)c2ccn(C3CCCNC3)n2)c1. The minimum atomic E-state index is -0.152. The number of benzene rings is 1. The normalized spacial score (nSPS) is 17.3. The smallest absolute Gasteiger partial charge is 0.272 e. The third-order valence-electron chi connectivity index (χ3n) is 4.42. The lowest BCUT2D eigenvalue weighted by Gasteiger charge is -2.22. The summed E-state index contributed by atoms with van der Waals surface area (Å²) in [7, 11) is 0. The van der Waals surface area contributed by atoms with Crippen molar-refractivity contribution in [3.63, 3.8) is 0 Å². The molecule has 1 unspecified atom stereocenters. The van der Waals surface area contributed by atoms with Crippen molar-refractivity contribution >= 4 is 5.91 Å². The van der Waals surface area contributed by atoms with Gasteiger partial charge in [0.25, 0.3) is 5.91 Å². The second kappa shape index (κ2) is 8.85. The molecule has 1 aromatic heterocycles. The van der Waals surface area contributed by atoms with E-state index in [-0.39, 0.29) is 5.91 Å². The van der Waals surface area contributed by atoms with Gasteiger partial charge in [-0.2, -0.15) is 5.10 Å². The van der Waals surface area contributed by atoms with Crippen molar-refractivity contribution in [1.82, 2.24) is 20.4 Å². The van der Waals surface area contributed by atoms with E-state index in [2.05, 4.69) is 29.6 Å². The lowest BCUT2D eigenvalue weighted by atomic mass is 10.1. The fourth-order valence-electron chi connectivity index (χ4n) is 3.00. The highest BCUT2D eigenvalue weighted by atomic mass is 16.5. The minimum Gasteiger partial charge on any atom is -0.493 e. The maximum absolute atomic E-state index is 12.4. The topological polar surface area (TPSA) is 68.2 Å². The molecule has 1 aromatic carbocycles. The van der Waals surface area contributed by atoms with Crippen molar-refractivity contribution in [2.75, 3.05) is 19.7 Å². The van der Waals surface area contributed by atoms with Crippen molar-refractivity contribution < 1.29 is 9.53 Å². The molecule has 26 heavy (non-hydrogen) atoms. The largest absolute Gasteiger partial charge is 0.493 e. The Balaban J connectivity index is 1.54. The van der Waals surface area contributed by atoms with Gasteiger partial charge in [-0.1, -0.05) is 26.0 Å². The van der Waals surface area contributed by atoms with Gasteiger partial charge in [0, 0.05) is 19.3 Å². The third-order valence-corrected chi connectivity index (χ3v) is 4.42. The number of ether oxygens (including phenoxy) is 1.